The van der Waals surface area contributed by atoms with Crippen molar-refractivity contribution < 1.29 is 0 Å². The number of nitriles is 1. The van der Waals surface area contributed by atoms with E-state index in [1.54, 1.807) is 0 Å². The molecule has 72 valence electrons. The molecule has 0 aromatic heterocycles. The number of rotatable bonds is 2. The predicted molar refractivity (Wildman–Crippen MR) is 60.6 cm³/mol. The van der Waals surface area contributed by atoms with Crippen molar-refractivity contribution in [3.63, 3.8) is 0 Å². The van der Waals surface area contributed by atoms with Gasteiger partial charge in [-0.25, -0.2) is 0 Å². The summed E-state index contributed by atoms with van der Waals surface area (Å²) in [6.07, 6.45) is 0. The third-order valence-electron chi connectivity index (χ3n) is 2.22. The zero-order valence-corrected chi connectivity index (χ0v) is 8.90. The first-order valence-corrected chi connectivity index (χ1v) is 5.79. The Bertz CT molecular complexity index is 377. The van der Waals surface area contributed by atoms with Crippen LogP contribution in [-0.4, -0.2) is 17.5 Å². The number of aryl methyl sites for hydroxylation is 1. The molecule has 1 saturated heterocycles. The molecule has 1 N–H and O–H groups in total. The normalized spacial score (nSPS) is 15.7. The molecule has 3 heteroatoms. The molecule has 0 saturated carbocycles. The van der Waals surface area contributed by atoms with Gasteiger partial charge in [-0.1, -0.05) is 0 Å². The number of nitrogens with one attached hydrogen (secondary N) is 1. The third kappa shape index (κ3) is 2.02. The topological polar surface area (TPSA) is 35.8 Å². The lowest BCUT2D eigenvalue weighted by molar-refractivity contribution is 0.882. The molecule has 0 spiro atoms. The molecule has 1 aliphatic rings. The molecule has 0 unspecified atom stereocenters. The molecule has 14 heavy (non-hydrogen) atoms. The average Bonchev–Trinajstić information content (AvgIpc) is 2.10. The SMILES string of the molecule is Cc1cc(C#N)cc(NC2CSC2)c1. The lowest BCUT2D eigenvalue weighted by Crippen LogP contribution is -2.33. The molecular weight excluding hydrogens is 192 g/mol. The van der Waals surface area contributed by atoms with Gasteiger partial charge in [0.2, 0.25) is 0 Å². The van der Waals surface area contributed by atoms with E-state index in [0.717, 1.165) is 16.8 Å². The summed E-state index contributed by atoms with van der Waals surface area (Å²) in [5.74, 6) is 2.35. The van der Waals surface area contributed by atoms with E-state index in [9.17, 15) is 0 Å². The van der Waals surface area contributed by atoms with Crippen LogP contribution in [0.4, 0.5) is 5.69 Å². The molecule has 1 heterocycles. The second kappa shape index (κ2) is 3.93. The molecule has 0 radical (unpaired) electrons. The summed E-state index contributed by atoms with van der Waals surface area (Å²) in [6.45, 7) is 2.02. The number of anilines is 1. The minimum atomic E-state index is 0.591. The van der Waals surface area contributed by atoms with E-state index < -0.39 is 0 Å². The highest BCUT2D eigenvalue weighted by Gasteiger charge is 2.17. The van der Waals surface area contributed by atoms with Crippen molar-refractivity contribution in [1.29, 1.82) is 5.26 Å². The first-order chi connectivity index (χ1) is 6.78. The van der Waals surface area contributed by atoms with Crippen LogP contribution in [0.3, 0.4) is 0 Å². The van der Waals surface area contributed by atoms with Gasteiger partial charge in [-0.05, 0) is 30.7 Å². The van der Waals surface area contributed by atoms with Gasteiger partial charge in [0.25, 0.3) is 0 Å². The second-order valence-electron chi connectivity index (χ2n) is 3.58. The molecule has 1 aromatic rings. The van der Waals surface area contributed by atoms with Gasteiger partial charge >= 0.3 is 0 Å². The van der Waals surface area contributed by atoms with E-state index in [0.29, 0.717) is 6.04 Å². The quantitative estimate of drug-likeness (QED) is 0.803. The van der Waals surface area contributed by atoms with Crippen molar-refractivity contribution in [2.24, 2.45) is 0 Å². The summed E-state index contributed by atoms with van der Waals surface area (Å²) in [6, 6.07) is 8.67. The molecule has 1 aromatic carbocycles. The van der Waals surface area contributed by atoms with E-state index in [4.69, 9.17) is 5.26 Å². The molecule has 2 rings (SSSR count). The van der Waals surface area contributed by atoms with Gasteiger partial charge in [0, 0.05) is 23.2 Å². The Balaban J connectivity index is 2.16. The first-order valence-electron chi connectivity index (χ1n) is 4.64. The number of hydrogen-bond acceptors (Lipinski definition) is 3. The summed E-state index contributed by atoms with van der Waals surface area (Å²) >= 11 is 1.95. The standard InChI is InChI=1S/C11H12N2S/c1-8-2-9(5-12)4-10(3-8)13-11-6-14-7-11/h2-4,11,13H,6-7H2,1H3. The molecule has 0 aliphatic carbocycles. The van der Waals surface area contributed by atoms with E-state index >= 15 is 0 Å². The maximum Gasteiger partial charge on any atom is 0.0992 e. The Morgan fingerprint density at radius 2 is 2.21 bits per heavy atom. The maximum absolute atomic E-state index is 8.81. The molecule has 1 aliphatic heterocycles. The monoisotopic (exact) mass is 204 g/mol. The molecule has 0 atom stereocenters. The zero-order valence-electron chi connectivity index (χ0n) is 8.08. The van der Waals surface area contributed by atoms with Gasteiger partial charge in [-0.3, -0.25) is 0 Å². The highest BCUT2D eigenvalue weighted by molar-refractivity contribution is 8.00. The fourth-order valence-corrected chi connectivity index (χ4v) is 2.12. The molecular formula is C11H12N2S. The summed E-state index contributed by atoms with van der Waals surface area (Å²) in [4.78, 5) is 0. The second-order valence-corrected chi connectivity index (χ2v) is 4.65. The van der Waals surface area contributed by atoms with Crippen LogP contribution in [0.1, 0.15) is 11.1 Å². The fourth-order valence-electron chi connectivity index (χ4n) is 1.49. The van der Waals surface area contributed by atoms with Gasteiger partial charge in [0.05, 0.1) is 11.6 Å². The summed E-state index contributed by atoms with van der Waals surface area (Å²) in [5.41, 5.74) is 2.95. The Hall–Kier alpha value is -1.14. The van der Waals surface area contributed by atoms with Gasteiger partial charge in [0.1, 0.15) is 0 Å². The van der Waals surface area contributed by atoms with E-state index in [-0.39, 0.29) is 0 Å². The van der Waals surface area contributed by atoms with Crippen molar-refractivity contribution in [3.05, 3.63) is 29.3 Å². The summed E-state index contributed by atoms with van der Waals surface area (Å²) in [7, 11) is 0. The smallest absolute Gasteiger partial charge is 0.0992 e. The molecule has 1 fully saturated rings. The van der Waals surface area contributed by atoms with Crippen LogP contribution in [0.15, 0.2) is 18.2 Å². The number of thioether (sulfide) groups is 1. The van der Waals surface area contributed by atoms with Crippen molar-refractivity contribution in [3.8, 4) is 6.07 Å². The van der Waals surface area contributed by atoms with Gasteiger partial charge < -0.3 is 5.32 Å². The van der Waals surface area contributed by atoms with E-state index in [1.807, 2.05) is 30.8 Å². The first kappa shape index (κ1) is 9.42. The number of hydrogen-bond donors (Lipinski definition) is 1. The van der Waals surface area contributed by atoms with Crippen molar-refractivity contribution in [2.45, 2.75) is 13.0 Å². The third-order valence-corrected chi connectivity index (χ3v) is 3.49. The van der Waals surface area contributed by atoms with Gasteiger partial charge in [-0.15, -0.1) is 0 Å². The minimum absolute atomic E-state index is 0.591. The molecule has 0 amide bonds. The zero-order chi connectivity index (χ0) is 9.97. The Kier molecular flexibility index (Phi) is 2.64. The minimum Gasteiger partial charge on any atom is -0.381 e. The predicted octanol–water partition coefficient (Wildman–Crippen LogP) is 2.39. The van der Waals surface area contributed by atoms with E-state index in [2.05, 4.69) is 17.5 Å². The maximum atomic E-state index is 8.81. The Morgan fingerprint density at radius 1 is 1.43 bits per heavy atom. The highest BCUT2D eigenvalue weighted by Crippen LogP contribution is 2.23. The summed E-state index contributed by atoms with van der Waals surface area (Å²) < 4.78 is 0. The van der Waals surface area contributed by atoms with Crippen molar-refractivity contribution in [1.82, 2.24) is 0 Å². The van der Waals surface area contributed by atoms with Crippen molar-refractivity contribution in [2.75, 3.05) is 16.8 Å². The number of benzene rings is 1. The van der Waals surface area contributed by atoms with Gasteiger partial charge in [-0.2, -0.15) is 17.0 Å². The van der Waals surface area contributed by atoms with Crippen LogP contribution >= 0.6 is 11.8 Å². The Morgan fingerprint density at radius 3 is 2.79 bits per heavy atom. The lowest BCUT2D eigenvalue weighted by atomic mass is 10.1. The van der Waals surface area contributed by atoms with Crippen molar-refractivity contribution >= 4 is 17.4 Å². The van der Waals surface area contributed by atoms with Crippen LogP contribution < -0.4 is 5.32 Å². The Labute approximate surface area is 88.3 Å². The van der Waals surface area contributed by atoms with Crippen LogP contribution in [0.25, 0.3) is 0 Å². The highest BCUT2D eigenvalue weighted by atomic mass is 32.2. The number of nitrogens with zero attached hydrogens (tertiary/aromatic N) is 1. The lowest BCUT2D eigenvalue weighted by Gasteiger charge is -2.27. The van der Waals surface area contributed by atoms with Crippen LogP contribution in [0, 0.1) is 18.3 Å². The van der Waals surface area contributed by atoms with Crippen LogP contribution in [0.2, 0.25) is 0 Å². The van der Waals surface area contributed by atoms with Gasteiger partial charge in [0.15, 0.2) is 0 Å². The van der Waals surface area contributed by atoms with Crippen LogP contribution in [0.5, 0.6) is 0 Å². The summed E-state index contributed by atoms with van der Waals surface area (Å²) in [5, 5.41) is 12.2. The van der Waals surface area contributed by atoms with Crippen LogP contribution in [-0.2, 0) is 0 Å². The van der Waals surface area contributed by atoms with E-state index in [1.165, 1.54) is 11.5 Å². The average molecular weight is 204 g/mol. The fraction of sp³-hybridized carbons (Fsp3) is 0.364. The molecule has 0 bridgehead atoms. The largest absolute Gasteiger partial charge is 0.381 e. The molecule has 2 nitrogen and oxygen atoms in total.